The zero-order valence-electron chi connectivity index (χ0n) is 15.8. The summed E-state index contributed by atoms with van der Waals surface area (Å²) in [5.74, 6) is -0.952. The van der Waals surface area contributed by atoms with E-state index in [4.69, 9.17) is 4.42 Å². The molecule has 0 aliphatic heterocycles. The van der Waals surface area contributed by atoms with Crippen molar-refractivity contribution in [3.8, 4) is 0 Å². The van der Waals surface area contributed by atoms with Crippen molar-refractivity contribution in [3.63, 3.8) is 0 Å². The Labute approximate surface area is 168 Å². The average Bonchev–Trinajstić information content (AvgIpc) is 3.28. The highest BCUT2D eigenvalue weighted by molar-refractivity contribution is 6.04. The highest BCUT2D eigenvalue weighted by Crippen LogP contribution is 2.10. The van der Waals surface area contributed by atoms with Crippen molar-refractivity contribution < 1.29 is 18.8 Å². The van der Waals surface area contributed by atoms with E-state index in [0.29, 0.717) is 16.8 Å². The number of amides is 3. The van der Waals surface area contributed by atoms with Crippen molar-refractivity contribution in [1.82, 2.24) is 10.6 Å². The van der Waals surface area contributed by atoms with E-state index in [2.05, 4.69) is 16.0 Å². The molecule has 148 valence electrons. The van der Waals surface area contributed by atoms with Crippen LogP contribution in [0.2, 0.25) is 0 Å². The average molecular weight is 391 g/mol. The minimum Gasteiger partial charge on any atom is -0.472 e. The van der Waals surface area contributed by atoms with Gasteiger partial charge in [0, 0.05) is 17.8 Å². The number of carbonyl (C=O) groups excluding carboxylic acids is 3. The molecule has 7 heteroatoms. The van der Waals surface area contributed by atoms with Gasteiger partial charge in [-0.1, -0.05) is 30.3 Å². The standard InChI is InChI=1S/C22H21N3O4/c1-15(24-22(28)18-10-11-29-14-18)20(26)23-13-16-6-5-7-17(12-16)21(27)25-19-8-3-2-4-9-19/h2-12,14-15H,13H2,1H3,(H,23,26)(H,24,28)(H,25,27). The summed E-state index contributed by atoms with van der Waals surface area (Å²) >= 11 is 0. The molecule has 3 aromatic rings. The minimum atomic E-state index is -0.720. The molecule has 1 aromatic heterocycles. The summed E-state index contributed by atoms with van der Waals surface area (Å²) in [6.07, 6.45) is 2.70. The summed E-state index contributed by atoms with van der Waals surface area (Å²) in [5.41, 5.74) is 2.31. The van der Waals surface area contributed by atoms with Crippen LogP contribution in [0.1, 0.15) is 33.2 Å². The zero-order chi connectivity index (χ0) is 20.6. The Hall–Kier alpha value is -3.87. The van der Waals surface area contributed by atoms with Gasteiger partial charge in [0.1, 0.15) is 12.3 Å². The Bertz CT molecular complexity index is 984. The van der Waals surface area contributed by atoms with Crippen molar-refractivity contribution in [1.29, 1.82) is 0 Å². The number of hydrogen-bond acceptors (Lipinski definition) is 4. The van der Waals surface area contributed by atoms with Crippen molar-refractivity contribution >= 4 is 23.4 Å². The van der Waals surface area contributed by atoms with E-state index in [1.807, 2.05) is 24.3 Å². The second kappa shape index (κ2) is 9.36. The molecule has 0 aliphatic rings. The van der Waals surface area contributed by atoms with Gasteiger partial charge in [0.2, 0.25) is 5.91 Å². The van der Waals surface area contributed by atoms with E-state index in [1.165, 1.54) is 18.6 Å². The fourth-order valence-corrected chi connectivity index (χ4v) is 2.63. The first-order valence-electron chi connectivity index (χ1n) is 9.09. The maximum absolute atomic E-state index is 12.4. The number of carbonyl (C=O) groups is 3. The lowest BCUT2D eigenvalue weighted by atomic mass is 10.1. The third kappa shape index (κ3) is 5.55. The molecule has 0 fully saturated rings. The van der Waals surface area contributed by atoms with Gasteiger partial charge in [0.25, 0.3) is 11.8 Å². The summed E-state index contributed by atoms with van der Waals surface area (Å²) in [4.78, 5) is 36.6. The fourth-order valence-electron chi connectivity index (χ4n) is 2.63. The monoisotopic (exact) mass is 391 g/mol. The fraction of sp³-hybridized carbons (Fsp3) is 0.136. The molecule has 1 heterocycles. The van der Waals surface area contributed by atoms with Crippen molar-refractivity contribution in [2.24, 2.45) is 0 Å². The predicted octanol–water partition coefficient (Wildman–Crippen LogP) is 2.97. The van der Waals surface area contributed by atoms with Gasteiger partial charge in [-0.3, -0.25) is 14.4 Å². The Morgan fingerprint density at radius 3 is 2.45 bits per heavy atom. The Morgan fingerprint density at radius 1 is 0.931 bits per heavy atom. The molecular weight excluding hydrogens is 370 g/mol. The van der Waals surface area contributed by atoms with Crippen LogP contribution in [0.25, 0.3) is 0 Å². The molecule has 0 bridgehead atoms. The second-order valence-electron chi connectivity index (χ2n) is 6.45. The van der Waals surface area contributed by atoms with Crippen LogP contribution in [-0.4, -0.2) is 23.8 Å². The van der Waals surface area contributed by atoms with Gasteiger partial charge in [-0.15, -0.1) is 0 Å². The molecule has 3 N–H and O–H groups in total. The van der Waals surface area contributed by atoms with E-state index < -0.39 is 6.04 Å². The first-order chi connectivity index (χ1) is 14.0. The smallest absolute Gasteiger partial charge is 0.255 e. The van der Waals surface area contributed by atoms with Crippen LogP contribution in [-0.2, 0) is 11.3 Å². The van der Waals surface area contributed by atoms with E-state index in [1.54, 1.807) is 37.3 Å². The van der Waals surface area contributed by atoms with Crippen molar-refractivity contribution in [3.05, 3.63) is 89.9 Å². The van der Waals surface area contributed by atoms with Gasteiger partial charge >= 0.3 is 0 Å². The van der Waals surface area contributed by atoms with Crippen LogP contribution in [0.3, 0.4) is 0 Å². The molecule has 0 aliphatic carbocycles. The number of para-hydroxylation sites is 1. The molecule has 1 atom stereocenters. The van der Waals surface area contributed by atoms with E-state index in [9.17, 15) is 14.4 Å². The van der Waals surface area contributed by atoms with Crippen LogP contribution in [0.4, 0.5) is 5.69 Å². The number of benzene rings is 2. The molecule has 0 spiro atoms. The van der Waals surface area contributed by atoms with Gasteiger partial charge in [0.15, 0.2) is 0 Å². The molecule has 1 unspecified atom stereocenters. The number of anilines is 1. The quantitative estimate of drug-likeness (QED) is 0.576. The van der Waals surface area contributed by atoms with Crippen LogP contribution in [0, 0.1) is 0 Å². The van der Waals surface area contributed by atoms with Gasteiger partial charge < -0.3 is 20.4 Å². The maximum Gasteiger partial charge on any atom is 0.255 e. The molecule has 0 saturated carbocycles. The number of hydrogen-bond donors (Lipinski definition) is 3. The lowest BCUT2D eigenvalue weighted by Gasteiger charge is -2.14. The van der Waals surface area contributed by atoms with E-state index >= 15 is 0 Å². The molecule has 29 heavy (non-hydrogen) atoms. The lowest BCUT2D eigenvalue weighted by Crippen LogP contribution is -2.44. The van der Waals surface area contributed by atoms with Gasteiger partial charge in [0.05, 0.1) is 11.8 Å². The van der Waals surface area contributed by atoms with Crippen LogP contribution >= 0.6 is 0 Å². The van der Waals surface area contributed by atoms with Gasteiger partial charge in [-0.2, -0.15) is 0 Å². The topological polar surface area (TPSA) is 100 Å². The zero-order valence-corrected chi connectivity index (χ0v) is 15.8. The number of rotatable bonds is 7. The van der Waals surface area contributed by atoms with Crippen LogP contribution in [0.5, 0.6) is 0 Å². The molecular formula is C22H21N3O4. The predicted molar refractivity (Wildman–Crippen MR) is 108 cm³/mol. The second-order valence-corrected chi connectivity index (χ2v) is 6.45. The highest BCUT2D eigenvalue weighted by atomic mass is 16.3. The molecule has 3 rings (SSSR count). The lowest BCUT2D eigenvalue weighted by molar-refractivity contribution is -0.122. The Morgan fingerprint density at radius 2 is 1.72 bits per heavy atom. The molecule has 7 nitrogen and oxygen atoms in total. The third-order valence-electron chi connectivity index (χ3n) is 4.21. The maximum atomic E-state index is 12.4. The summed E-state index contributed by atoms with van der Waals surface area (Å²) in [6, 6.07) is 17.0. The Balaban J connectivity index is 1.53. The van der Waals surface area contributed by atoms with Crippen molar-refractivity contribution in [2.75, 3.05) is 5.32 Å². The summed E-state index contributed by atoms with van der Waals surface area (Å²) < 4.78 is 4.86. The first kappa shape index (κ1) is 19.9. The highest BCUT2D eigenvalue weighted by Gasteiger charge is 2.17. The van der Waals surface area contributed by atoms with Gasteiger partial charge in [-0.25, -0.2) is 0 Å². The largest absolute Gasteiger partial charge is 0.472 e. The molecule has 0 saturated heterocycles. The number of nitrogens with one attached hydrogen (secondary N) is 3. The number of furan rings is 1. The normalized spacial score (nSPS) is 11.3. The minimum absolute atomic E-state index is 0.231. The third-order valence-corrected chi connectivity index (χ3v) is 4.21. The molecule has 0 radical (unpaired) electrons. The SMILES string of the molecule is CC(NC(=O)c1ccoc1)C(=O)NCc1cccc(C(=O)Nc2ccccc2)c1. The summed E-state index contributed by atoms with van der Waals surface area (Å²) in [5, 5.41) is 8.18. The van der Waals surface area contributed by atoms with Crippen LogP contribution in [0.15, 0.2) is 77.6 Å². The first-order valence-corrected chi connectivity index (χ1v) is 9.09. The van der Waals surface area contributed by atoms with E-state index in [0.717, 1.165) is 5.56 Å². The van der Waals surface area contributed by atoms with Crippen molar-refractivity contribution in [2.45, 2.75) is 19.5 Å². The molecule has 3 amide bonds. The van der Waals surface area contributed by atoms with Crippen LogP contribution < -0.4 is 16.0 Å². The molecule has 2 aromatic carbocycles. The Kier molecular flexibility index (Phi) is 6.42. The summed E-state index contributed by atoms with van der Waals surface area (Å²) in [7, 11) is 0. The van der Waals surface area contributed by atoms with Gasteiger partial charge in [-0.05, 0) is 42.8 Å². The summed E-state index contributed by atoms with van der Waals surface area (Å²) in [6.45, 7) is 1.83. The van der Waals surface area contributed by atoms with E-state index in [-0.39, 0.29) is 24.3 Å².